The van der Waals surface area contributed by atoms with Crippen LogP contribution in [0.1, 0.15) is 214 Å². The van der Waals surface area contributed by atoms with Crippen LogP contribution in [-0.2, 0) is 9.53 Å². The lowest BCUT2D eigenvalue weighted by atomic mass is 9.89. The fourth-order valence-corrected chi connectivity index (χ4v) is 7.59. The second kappa shape index (κ2) is 33.7. The number of hydrogen-bond donors (Lipinski definition) is 2. The minimum absolute atomic E-state index is 0.0182. The summed E-state index contributed by atoms with van der Waals surface area (Å²) in [4.78, 5) is 38.5. The van der Waals surface area contributed by atoms with E-state index >= 15 is 0 Å². The average molecular weight is 732 g/mol. The summed E-state index contributed by atoms with van der Waals surface area (Å²) in [5, 5.41) is 6.03. The number of nitrogens with zero attached hydrogens (tertiary/aromatic N) is 1. The largest absolute Gasteiger partial charge is 0.462 e. The first kappa shape index (κ1) is 48.1. The molecule has 0 heterocycles. The first-order chi connectivity index (χ1) is 25.4. The molecular weight excluding hydrogens is 647 g/mol. The number of hydrogen-bond acceptors (Lipinski definition) is 7. The normalized spacial score (nSPS) is 12.8. The van der Waals surface area contributed by atoms with Crippen molar-refractivity contribution in [2.45, 2.75) is 220 Å². The van der Waals surface area contributed by atoms with E-state index in [2.05, 4.69) is 43.2 Å². The first-order valence-corrected chi connectivity index (χ1v) is 22.6. The minimum atomic E-state index is -0.413. The summed E-state index contributed by atoms with van der Waals surface area (Å²) in [6, 6.07) is 0. The summed E-state index contributed by atoms with van der Waals surface area (Å²) in [6.07, 6.45) is 36.1. The molecule has 2 unspecified atom stereocenters. The third kappa shape index (κ3) is 23.7. The fourth-order valence-electron chi connectivity index (χ4n) is 7.59. The summed E-state index contributed by atoms with van der Waals surface area (Å²) in [5.41, 5.74) is 0.0632. The van der Waals surface area contributed by atoms with Gasteiger partial charge in [0, 0.05) is 20.0 Å². The van der Waals surface area contributed by atoms with Gasteiger partial charge in [-0.2, -0.15) is 0 Å². The topological polar surface area (TPSA) is 87.7 Å². The third-order valence-electron chi connectivity index (χ3n) is 11.1. The van der Waals surface area contributed by atoms with E-state index in [9.17, 15) is 14.4 Å². The highest BCUT2D eigenvalue weighted by molar-refractivity contribution is 5.73. The first-order valence-electron chi connectivity index (χ1n) is 22.6. The zero-order valence-corrected chi connectivity index (χ0v) is 35.1. The molecule has 0 aromatic heterocycles. The Labute approximate surface area is 321 Å². The van der Waals surface area contributed by atoms with Gasteiger partial charge in [-0.15, -0.1) is 0 Å². The molecule has 0 aliphatic heterocycles. The van der Waals surface area contributed by atoms with E-state index in [0.717, 1.165) is 76.9 Å². The second-order valence-electron chi connectivity index (χ2n) is 15.8. The molecule has 304 valence electrons. The summed E-state index contributed by atoms with van der Waals surface area (Å²) >= 11 is 0. The van der Waals surface area contributed by atoms with Gasteiger partial charge in [-0.25, -0.2) is 0 Å². The van der Waals surface area contributed by atoms with Crippen molar-refractivity contribution >= 4 is 17.3 Å². The molecule has 0 bridgehead atoms. The molecule has 0 spiro atoms. The lowest BCUT2D eigenvalue weighted by Gasteiger charge is -2.23. The van der Waals surface area contributed by atoms with Crippen molar-refractivity contribution in [1.29, 1.82) is 0 Å². The van der Waals surface area contributed by atoms with Crippen LogP contribution in [0.25, 0.3) is 0 Å². The van der Waals surface area contributed by atoms with Crippen LogP contribution in [0.15, 0.2) is 9.59 Å². The lowest BCUT2D eigenvalue weighted by Crippen LogP contribution is -2.37. The summed E-state index contributed by atoms with van der Waals surface area (Å²) < 4.78 is 5.70. The quantitative estimate of drug-likeness (QED) is 0.0396. The highest BCUT2D eigenvalue weighted by atomic mass is 16.5. The van der Waals surface area contributed by atoms with Crippen LogP contribution in [0.2, 0.25) is 0 Å². The number of ether oxygens (including phenoxy) is 1. The van der Waals surface area contributed by atoms with Crippen molar-refractivity contribution in [3.05, 3.63) is 20.4 Å². The van der Waals surface area contributed by atoms with Crippen molar-refractivity contribution in [1.82, 2.24) is 4.90 Å². The second-order valence-corrected chi connectivity index (χ2v) is 15.8. The van der Waals surface area contributed by atoms with E-state index in [1.54, 1.807) is 7.05 Å². The van der Waals surface area contributed by atoms with E-state index in [0.29, 0.717) is 24.3 Å². The van der Waals surface area contributed by atoms with E-state index < -0.39 is 10.9 Å². The van der Waals surface area contributed by atoms with Crippen molar-refractivity contribution in [2.24, 2.45) is 5.92 Å². The van der Waals surface area contributed by atoms with Crippen LogP contribution in [-0.4, -0.2) is 50.2 Å². The Morgan fingerprint density at radius 2 is 1.02 bits per heavy atom. The highest BCUT2D eigenvalue weighted by Gasteiger charge is 2.19. The molecule has 0 fully saturated rings. The summed E-state index contributed by atoms with van der Waals surface area (Å²) in [6.45, 7) is 13.0. The van der Waals surface area contributed by atoms with Crippen molar-refractivity contribution < 1.29 is 9.53 Å². The van der Waals surface area contributed by atoms with Crippen LogP contribution in [0.5, 0.6) is 0 Å². The molecule has 0 saturated heterocycles. The maximum atomic E-state index is 12.3. The number of carbonyl (C=O) groups excluding carboxylic acids is 1. The molecule has 1 aromatic carbocycles. The predicted octanol–water partition coefficient (Wildman–Crippen LogP) is 12.0. The molecule has 0 amide bonds. The maximum absolute atomic E-state index is 12.3. The molecule has 0 saturated carbocycles. The maximum Gasteiger partial charge on any atom is 0.306 e. The average Bonchev–Trinajstić information content (AvgIpc) is 3.15. The molecule has 0 radical (unpaired) electrons. The molecule has 7 heteroatoms. The zero-order valence-electron chi connectivity index (χ0n) is 35.1. The van der Waals surface area contributed by atoms with Gasteiger partial charge in [0.25, 0.3) is 10.9 Å². The van der Waals surface area contributed by atoms with Gasteiger partial charge in [0.1, 0.15) is 17.5 Å². The lowest BCUT2D eigenvalue weighted by molar-refractivity contribution is -0.149. The Kier molecular flexibility index (Phi) is 31.2. The monoisotopic (exact) mass is 732 g/mol. The fraction of sp³-hybridized carbons (Fsp3) is 0.889. The predicted molar refractivity (Wildman–Crippen MR) is 226 cm³/mol. The van der Waals surface area contributed by atoms with Crippen molar-refractivity contribution in [3.63, 3.8) is 0 Å². The van der Waals surface area contributed by atoms with Crippen LogP contribution in [0, 0.1) is 5.92 Å². The molecular formula is C45H85N3O4. The standard InChI is InChI=1S/C45H85N3O4/c1-6-10-13-17-23-31-39(30-22-14-11-7-2)32-24-18-15-20-27-36-48(38-29-26-35-47-43-42(46-5)44(50)45(43)51)37-28-21-16-19-25-34-41(49)52-40(9-4)33-12-8-3/h39-40,46-47H,6-38H2,1-5H3. The molecule has 0 aliphatic carbocycles. The van der Waals surface area contributed by atoms with Gasteiger partial charge in [-0.05, 0) is 70.5 Å². The van der Waals surface area contributed by atoms with Gasteiger partial charge in [-0.1, -0.05) is 163 Å². The SMILES string of the molecule is CCCCCCCC(CCCCCC)CCCCCCCN(CCCCCCCC(=O)OC(CC)CCCC)CCCCNc1c(NC)c(=O)c1=O. The number of anilines is 2. The molecule has 52 heavy (non-hydrogen) atoms. The van der Waals surface area contributed by atoms with Crippen molar-refractivity contribution in [3.8, 4) is 0 Å². The van der Waals surface area contributed by atoms with Gasteiger partial charge in [0.2, 0.25) is 0 Å². The van der Waals surface area contributed by atoms with Gasteiger partial charge in [-0.3, -0.25) is 14.4 Å². The van der Waals surface area contributed by atoms with Crippen molar-refractivity contribution in [2.75, 3.05) is 43.9 Å². The van der Waals surface area contributed by atoms with Crippen LogP contribution in [0.3, 0.4) is 0 Å². The zero-order chi connectivity index (χ0) is 38.1. The van der Waals surface area contributed by atoms with Crippen LogP contribution >= 0.6 is 0 Å². The Morgan fingerprint density at radius 3 is 1.56 bits per heavy atom. The number of rotatable bonds is 39. The molecule has 7 nitrogen and oxygen atoms in total. The van der Waals surface area contributed by atoms with E-state index in [1.807, 2.05) is 0 Å². The third-order valence-corrected chi connectivity index (χ3v) is 11.1. The van der Waals surface area contributed by atoms with Crippen LogP contribution < -0.4 is 21.5 Å². The van der Waals surface area contributed by atoms with E-state index in [1.165, 1.54) is 128 Å². The number of carbonyl (C=O) groups is 1. The van der Waals surface area contributed by atoms with Gasteiger partial charge >= 0.3 is 5.97 Å². The molecule has 2 N–H and O–H groups in total. The Bertz CT molecular complexity index is 1040. The van der Waals surface area contributed by atoms with Gasteiger partial charge < -0.3 is 20.3 Å². The number of unbranched alkanes of at least 4 members (excludes halogenated alkanes) is 17. The van der Waals surface area contributed by atoms with Gasteiger partial charge in [0.15, 0.2) is 0 Å². The molecule has 2 atom stereocenters. The molecule has 1 aromatic rings. The Hall–Kier alpha value is -1.89. The van der Waals surface area contributed by atoms with E-state index in [4.69, 9.17) is 4.74 Å². The van der Waals surface area contributed by atoms with E-state index in [-0.39, 0.29) is 12.1 Å². The Balaban J connectivity index is 2.39. The molecule has 0 aliphatic rings. The van der Waals surface area contributed by atoms with Gasteiger partial charge in [0.05, 0.1) is 0 Å². The Morgan fingerprint density at radius 1 is 0.558 bits per heavy atom. The van der Waals surface area contributed by atoms with Crippen LogP contribution in [0.4, 0.5) is 11.4 Å². The smallest absolute Gasteiger partial charge is 0.306 e. The summed E-state index contributed by atoms with van der Waals surface area (Å²) in [7, 11) is 1.69. The number of esters is 1. The minimum Gasteiger partial charge on any atom is -0.462 e. The molecule has 1 rings (SSSR count). The number of nitrogens with one attached hydrogen (secondary N) is 2. The highest BCUT2D eigenvalue weighted by Crippen LogP contribution is 2.24. The summed E-state index contributed by atoms with van der Waals surface area (Å²) in [5.74, 6) is 0.931.